The van der Waals surface area contributed by atoms with Crippen molar-refractivity contribution in [3.8, 4) is 0 Å². The van der Waals surface area contributed by atoms with E-state index in [4.69, 9.17) is 16.3 Å². The Balaban J connectivity index is 1.91. The zero-order chi connectivity index (χ0) is 12.3. The normalized spacial score (nSPS) is 19.4. The van der Waals surface area contributed by atoms with Crippen LogP contribution in [0.1, 0.15) is 5.56 Å². The van der Waals surface area contributed by atoms with Crippen LogP contribution in [0, 0.1) is 5.82 Å². The van der Waals surface area contributed by atoms with Gasteiger partial charge in [0.2, 0.25) is 0 Å². The van der Waals surface area contributed by atoms with Crippen LogP contribution >= 0.6 is 11.6 Å². The molecular weight excluding hydrogens is 250 g/mol. The highest BCUT2D eigenvalue weighted by atomic mass is 35.5. The molecule has 6 heteroatoms. The summed E-state index contributed by atoms with van der Waals surface area (Å²) in [6.07, 6.45) is 1.33. The van der Waals surface area contributed by atoms with Crippen LogP contribution in [-0.4, -0.2) is 17.7 Å². The van der Waals surface area contributed by atoms with Crippen LogP contribution in [0.4, 0.5) is 8.87 Å². The smallest absolute Gasteiger partial charge is 0.255 e. The number of benzene rings is 1. The minimum atomic E-state index is -1.05. The summed E-state index contributed by atoms with van der Waals surface area (Å²) in [5, 5.41) is 0.459. The van der Waals surface area contributed by atoms with Gasteiger partial charge >= 0.3 is 0 Å². The van der Waals surface area contributed by atoms with E-state index in [0.717, 1.165) is 11.8 Å². The van der Waals surface area contributed by atoms with Crippen LogP contribution in [0.2, 0.25) is 0 Å². The van der Waals surface area contributed by atoms with E-state index >= 15 is 0 Å². The Hall–Kier alpha value is -1.46. The minimum Gasteiger partial charge on any atom is -0.333 e. The molecule has 0 aliphatic carbocycles. The Morgan fingerprint density at radius 3 is 2.71 bits per heavy atom. The number of aliphatic imine (C=N–C) groups is 1. The molecule has 1 aromatic carbocycles. The van der Waals surface area contributed by atoms with E-state index in [9.17, 15) is 8.87 Å². The van der Waals surface area contributed by atoms with E-state index in [1.165, 1.54) is 18.3 Å². The number of halogens is 3. The summed E-state index contributed by atoms with van der Waals surface area (Å²) < 4.78 is 31.1. The van der Waals surface area contributed by atoms with E-state index in [0.29, 0.717) is 0 Å². The minimum absolute atomic E-state index is 0.133. The predicted octanol–water partition coefficient (Wildman–Crippen LogP) is 2.98. The summed E-state index contributed by atoms with van der Waals surface area (Å²) >= 11 is 5.54. The van der Waals surface area contributed by atoms with Gasteiger partial charge in [-0.25, -0.2) is 9.38 Å². The zero-order valence-corrected chi connectivity index (χ0v) is 9.44. The molecule has 0 aromatic heterocycles. The lowest BCUT2D eigenvalue weighted by atomic mass is 10.2. The van der Waals surface area contributed by atoms with Crippen molar-refractivity contribution in [1.82, 2.24) is 5.12 Å². The third-order valence-electron chi connectivity index (χ3n) is 2.10. The molecule has 1 atom stereocenters. The number of allylic oxidation sites excluding steroid dienone is 1. The lowest BCUT2D eigenvalue weighted by Crippen LogP contribution is -2.27. The summed E-state index contributed by atoms with van der Waals surface area (Å²) in [7, 11) is 0. The molecule has 0 fully saturated rings. The zero-order valence-electron chi connectivity index (χ0n) is 8.69. The summed E-state index contributed by atoms with van der Waals surface area (Å²) in [4.78, 5) is 3.75. The van der Waals surface area contributed by atoms with Gasteiger partial charge in [0.1, 0.15) is 5.82 Å². The molecule has 0 bridgehead atoms. The van der Waals surface area contributed by atoms with E-state index in [1.54, 1.807) is 12.1 Å². The Kier molecular flexibility index (Phi) is 3.71. The first-order valence-corrected chi connectivity index (χ1v) is 5.23. The number of hydrogen-bond acceptors (Lipinski definition) is 3. The molecule has 0 radical (unpaired) electrons. The SMILES string of the molecule is Fc1ccc(COC2N=CC(Cl)=CN2F)cc1. The molecule has 0 amide bonds. The highest BCUT2D eigenvalue weighted by Crippen LogP contribution is 2.16. The maximum atomic E-state index is 13.2. The number of nitrogens with zero attached hydrogens (tertiary/aromatic N) is 2. The molecule has 3 nitrogen and oxygen atoms in total. The van der Waals surface area contributed by atoms with Crippen molar-refractivity contribution in [1.29, 1.82) is 0 Å². The van der Waals surface area contributed by atoms with Gasteiger partial charge in [0.05, 0.1) is 17.8 Å². The first kappa shape index (κ1) is 12.0. The highest BCUT2D eigenvalue weighted by Gasteiger charge is 2.18. The van der Waals surface area contributed by atoms with Gasteiger partial charge in [-0.1, -0.05) is 28.2 Å². The molecule has 1 aromatic rings. The standard InChI is InChI=1S/C11H9ClF2N2O/c12-9-5-15-11(16(14)6-9)17-7-8-1-3-10(13)4-2-8/h1-6,11H,7H2. The molecule has 2 rings (SSSR count). The molecule has 17 heavy (non-hydrogen) atoms. The van der Waals surface area contributed by atoms with Crippen molar-refractivity contribution < 1.29 is 13.6 Å². The largest absolute Gasteiger partial charge is 0.333 e. The molecule has 1 unspecified atom stereocenters. The average Bonchev–Trinajstić information content (AvgIpc) is 2.30. The van der Waals surface area contributed by atoms with Crippen LogP contribution in [0.25, 0.3) is 0 Å². The monoisotopic (exact) mass is 258 g/mol. The van der Waals surface area contributed by atoms with Crippen LogP contribution in [0.5, 0.6) is 0 Å². The fourth-order valence-corrected chi connectivity index (χ4v) is 1.43. The third-order valence-corrected chi connectivity index (χ3v) is 2.29. The van der Waals surface area contributed by atoms with E-state index in [-0.39, 0.29) is 22.6 Å². The van der Waals surface area contributed by atoms with Crippen LogP contribution in [0.3, 0.4) is 0 Å². The highest BCUT2D eigenvalue weighted by molar-refractivity contribution is 6.39. The first-order chi connectivity index (χ1) is 8.15. The maximum absolute atomic E-state index is 13.2. The summed E-state index contributed by atoms with van der Waals surface area (Å²) in [5.74, 6) is -0.328. The lowest BCUT2D eigenvalue weighted by Gasteiger charge is -2.21. The van der Waals surface area contributed by atoms with Crippen molar-refractivity contribution in [2.75, 3.05) is 0 Å². The van der Waals surface area contributed by atoms with E-state index in [1.807, 2.05) is 0 Å². The Bertz CT molecular complexity index is 447. The molecular formula is C11H9ClF2N2O. The van der Waals surface area contributed by atoms with Crippen molar-refractivity contribution in [3.63, 3.8) is 0 Å². The van der Waals surface area contributed by atoms with Gasteiger partial charge in [-0.2, -0.15) is 5.12 Å². The van der Waals surface area contributed by atoms with Gasteiger partial charge < -0.3 is 4.74 Å². The number of rotatable bonds is 3. The molecule has 1 heterocycles. The molecule has 0 saturated heterocycles. The fourth-order valence-electron chi connectivity index (χ4n) is 1.28. The van der Waals surface area contributed by atoms with Gasteiger partial charge in [-0.05, 0) is 17.7 Å². The van der Waals surface area contributed by atoms with Crippen molar-refractivity contribution >= 4 is 17.8 Å². The summed E-state index contributed by atoms with van der Waals surface area (Å²) in [6, 6.07) is 5.75. The van der Waals surface area contributed by atoms with Gasteiger partial charge in [-0.3, -0.25) is 0 Å². The molecule has 90 valence electrons. The predicted molar refractivity (Wildman–Crippen MR) is 60.4 cm³/mol. The Morgan fingerprint density at radius 1 is 1.35 bits per heavy atom. The fraction of sp³-hybridized carbons (Fsp3) is 0.182. The van der Waals surface area contributed by atoms with E-state index in [2.05, 4.69) is 4.99 Å². The summed E-state index contributed by atoms with van der Waals surface area (Å²) in [6.45, 7) is 0.133. The molecule has 0 spiro atoms. The van der Waals surface area contributed by atoms with Gasteiger partial charge in [-0.15, -0.1) is 0 Å². The quantitative estimate of drug-likeness (QED) is 0.779. The van der Waals surface area contributed by atoms with Gasteiger partial charge in [0, 0.05) is 6.21 Å². The van der Waals surface area contributed by atoms with Crippen LogP contribution in [0.15, 0.2) is 40.5 Å². The summed E-state index contributed by atoms with van der Waals surface area (Å²) in [5.41, 5.74) is 0.732. The Labute approximate surface area is 102 Å². The second kappa shape index (κ2) is 5.25. The third kappa shape index (κ3) is 3.25. The topological polar surface area (TPSA) is 24.8 Å². The molecule has 0 saturated carbocycles. The lowest BCUT2D eigenvalue weighted by molar-refractivity contribution is -0.125. The van der Waals surface area contributed by atoms with Crippen LogP contribution < -0.4 is 0 Å². The number of hydrogen-bond donors (Lipinski definition) is 0. The Morgan fingerprint density at radius 2 is 2.06 bits per heavy atom. The second-order valence-corrected chi connectivity index (χ2v) is 3.84. The van der Waals surface area contributed by atoms with Crippen molar-refractivity contribution in [2.24, 2.45) is 4.99 Å². The van der Waals surface area contributed by atoms with Gasteiger partial charge in [0.25, 0.3) is 6.35 Å². The van der Waals surface area contributed by atoms with Crippen molar-refractivity contribution in [2.45, 2.75) is 13.0 Å². The molecule has 0 N–H and O–H groups in total. The van der Waals surface area contributed by atoms with E-state index < -0.39 is 6.35 Å². The molecule has 1 aliphatic heterocycles. The van der Waals surface area contributed by atoms with Crippen molar-refractivity contribution in [3.05, 3.63) is 46.9 Å². The average molecular weight is 259 g/mol. The molecule has 1 aliphatic rings. The second-order valence-electron chi connectivity index (χ2n) is 3.40. The maximum Gasteiger partial charge on any atom is 0.255 e. The first-order valence-electron chi connectivity index (χ1n) is 4.86. The van der Waals surface area contributed by atoms with Gasteiger partial charge in [0.15, 0.2) is 0 Å². The number of ether oxygens (including phenoxy) is 1. The van der Waals surface area contributed by atoms with Crippen LogP contribution in [-0.2, 0) is 11.3 Å².